The summed E-state index contributed by atoms with van der Waals surface area (Å²) in [5.41, 5.74) is 0.136. The second-order valence-corrected chi connectivity index (χ2v) is 6.78. The maximum absolute atomic E-state index is 10.6. The maximum atomic E-state index is 10.6. The zero-order valence-corrected chi connectivity index (χ0v) is 11.5. The summed E-state index contributed by atoms with van der Waals surface area (Å²) < 4.78 is 0. The van der Waals surface area contributed by atoms with Crippen molar-refractivity contribution in [3.63, 3.8) is 0 Å². The number of aliphatic hydroxyl groups is 2. The van der Waals surface area contributed by atoms with Crippen LogP contribution in [0.2, 0.25) is 0 Å². The highest BCUT2D eigenvalue weighted by Crippen LogP contribution is 2.50. The number of hydrogen-bond acceptors (Lipinski definition) is 2. The average molecular weight is 238 g/mol. The summed E-state index contributed by atoms with van der Waals surface area (Å²) in [6, 6.07) is 0. The predicted molar refractivity (Wildman–Crippen MR) is 69.6 cm³/mol. The van der Waals surface area contributed by atoms with Gasteiger partial charge in [0.1, 0.15) is 0 Å². The third-order valence-corrected chi connectivity index (χ3v) is 4.97. The minimum absolute atomic E-state index is 0.123. The molecule has 1 fully saturated rings. The monoisotopic (exact) mass is 238 g/mol. The van der Waals surface area contributed by atoms with E-state index < -0.39 is 11.2 Å². The van der Waals surface area contributed by atoms with Crippen molar-refractivity contribution in [3.05, 3.63) is 11.6 Å². The molecule has 2 heteroatoms. The summed E-state index contributed by atoms with van der Waals surface area (Å²) in [5.74, 6) is 0.854. The van der Waals surface area contributed by atoms with Gasteiger partial charge in [-0.15, -0.1) is 0 Å². The fraction of sp³-hybridized carbons (Fsp3) is 0.867. The van der Waals surface area contributed by atoms with E-state index in [-0.39, 0.29) is 11.8 Å². The standard InChI is InChI=1S/C15H26O2/c1-10(2)11-5-7-14(3,16)12-6-8-15(4,17)13(12)9-11/h9-10,12-13,16-17H,5-8H2,1-4H3/t12?,13?,14-,15+/m1/s1. The van der Waals surface area contributed by atoms with Gasteiger partial charge < -0.3 is 10.2 Å². The van der Waals surface area contributed by atoms with E-state index in [0.717, 1.165) is 25.7 Å². The molecule has 2 nitrogen and oxygen atoms in total. The van der Waals surface area contributed by atoms with Gasteiger partial charge in [0.15, 0.2) is 0 Å². The number of fused-ring (bicyclic) bond motifs is 1. The molecule has 98 valence electrons. The molecule has 2 unspecified atom stereocenters. The van der Waals surface area contributed by atoms with Gasteiger partial charge in [-0.2, -0.15) is 0 Å². The van der Waals surface area contributed by atoms with Crippen LogP contribution >= 0.6 is 0 Å². The van der Waals surface area contributed by atoms with Gasteiger partial charge in [-0.25, -0.2) is 0 Å². The topological polar surface area (TPSA) is 40.5 Å². The molecule has 0 aliphatic heterocycles. The van der Waals surface area contributed by atoms with Gasteiger partial charge in [0, 0.05) is 5.92 Å². The first kappa shape index (κ1) is 13.1. The van der Waals surface area contributed by atoms with Gasteiger partial charge in [0.2, 0.25) is 0 Å². The van der Waals surface area contributed by atoms with Crippen molar-refractivity contribution < 1.29 is 10.2 Å². The molecule has 2 aliphatic rings. The Hall–Kier alpha value is -0.340. The van der Waals surface area contributed by atoms with Crippen molar-refractivity contribution in [1.82, 2.24) is 0 Å². The van der Waals surface area contributed by atoms with Crippen molar-refractivity contribution in [1.29, 1.82) is 0 Å². The van der Waals surface area contributed by atoms with Crippen LogP contribution in [0.4, 0.5) is 0 Å². The van der Waals surface area contributed by atoms with E-state index >= 15 is 0 Å². The lowest BCUT2D eigenvalue weighted by Crippen LogP contribution is -2.40. The maximum Gasteiger partial charge on any atom is 0.0686 e. The van der Waals surface area contributed by atoms with Crippen molar-refractivity contribution in [2.24, 2.45) is 17.8 Å². The lowest BCUT2D eigenvalue weighted by atomic mass is 9.77. The first-order valence-electron chi connectivity index (χ1n) is 6.89. The van der Waals surface area contributed by atoms with Gasteiger partial charge in [-0.05, 0) is 51.4 Å². The molecule has 0 saturated heterocycles. The molecule has 0 radical (unpaired) electrons. The molecular weight excluding hydrogens is 212 g/mol. The highest BCUT2D eigenvalue weighted by molar-refractivity contribution is 5.19. The van der Waals surface area contributed by atoms with Crippen LogP contribution in [0.15, 0.2) is 11.6 Å². The summed E-state index contributed by atoms with van der Waals surface area (Å²) in [6.45, 7) is 8.27. The summed E-state index contributed by atoms with van der Waals surface area (Å²) >= 11 is 0. The molecule has 0 amide bonds. The second kappa shape index (κ2) is 4.10. The zero-order chi connectivity index (χ0) is 12.8. The van der Waals surface area contributed by atoms with Crippen LogP contribution in [0.5, 0.6) is 0 Å². The molecule has 2 aliphatic carbocycles. The Morgan fingerprint density at radius 3 is 2.41 bits per heavy atom. The van der Waals surface area contributed by atoms with Gasteiger partial charge in [-0.3, -0.25) is 0 Å². The van der Waals surface area contributed by atoms with Gasteiger partial charge in [-0.1, -0.05) is 25.5 Å². The van der Waals surface area contributed by atoms with Crippen LogP contribution in [-0.4, -0.2) is 21.4 Å². The highest BCUT2D eigenvalue weighted by atomic mass is 16.3. The van der Waals surface area contributed by atoms with E-state index in [2.05, 4.69) is 19.9 Å². The molecule has 2 N–H and O–H groups in total. The van der Waals surface area contributed by atoms with Crippen molar-refractivity contribution in [2.75, 3.05) is 0 Å². The van der Waals surface area contributed by atoms with Crippen LogP contribution in [0, 0.1) is 17.8 Å². The third-order valence-electron chi connectivity index (χ3n) is 4.97. The van der Waals surface area contributed by atoms with Crippen LogP contribution in [-0.2, 0) is 0 Å². The Morgan fingerprint density at radius 1 is 1.18 bits per heavy atom. The third kappa shape index (κ3) is 2.30. The van der Waals surface area contributed by atoms with Crippen molar-refractivity contribution in [3.8, 4) is 0 Å². The van der Waals surface area contributed by atoms with Crippen LogP contribution < -0.4 is 0 Å². The molecule has 0 heterocycles. The van der Waals surface area contributed by atoms with Crippen molar-refractivity contribution in [2.45, 2.75) is 64.6 Å². The zero-order valence-electron chi connectivity index (χ0n) is 11.5. The summed E-state index contributed by atoms with van der Waals surface area (Å²) in [6.07, 6.45) is 5.80. The first-order valence-corrected chi connectivity index (χ1v) is 6.89. The molecule has 4 atom stereocenters. The van der Waals surface area contributed by atoms with Crippen LogP contribution in [0.1, 0.15) is 53.4 Å². The fourth-order valence-corrected chi connectivity index (χ4v) is 3.60. The van der Waals surface area contributed by atoms with E-state index in [1.54, 1.807) is 0 Å². The number of allylic oxidation sites excluding steroid dienone is 1. The minimum atomic E-state index is -0.640. The Kier molecular flexibility index (Phi) is 3.16. The molecule has 0 spiro atoms. The molecule has 0 bridgehead atoms. The summed E-state index contributed by atoms with van der Waals surface area (Å²) in [4.78, 5) is 0. The largest absolute Gasteiger partial charge is 0.390 e. The molecule has 2 rings (SSSR count). The SMILES string of the molecule is CC(C)C1=CC2C(CC[C@]2(C)O)[C@](C)(O)CC1. The smallest absolute Gasteiger partial charge is 0.0686 e. The van der Waals surface area contributed by atoms with E-state index in [1.807, 2.05) is 13.8 Å². The Bertz CT molecular complexity index is 326. The van der Waals surface area contributed by atoms with Gasteiger partial charge in [0.05, 0.1) is 11.2 Å². The predicted octanol–water partition coefficient (Wildman–Crippen LogP) is 2.89. The average Bonchev–Trinajstić information content (AvgIpc) is 2.39. The van der Waals surface area contributed by atoms with E-state index in [1.165, 1.54) is 5.57 Å². The van der Waals surface area contributed by atoms with Crippen LogP contribution in [0.25, 0.3) is 0 Å². The molecule has 17 heavy (non-hydrogen) atoms. The number of hydrogen-bond donors (Lipinski definition) is 2. The van der Waals surface area contributed by atoms with Gasteiger partial charge >= 0.3 is 0 Å². The number of rotatable bonds is 1. The summed E-state index contributed by atoms with van der Waals surface area (Å²) in [7, 11) is 0. The lowest BCUT2D eigenvalue weighted by Gasteiger charge is -2.34. The first-order chi connectivity index (χ1) is 7.74. The van der Waals surface area contributed by atoms with E-state index in [4.69, 9.17) is 0 Å². The van der Waals surface area contributed by atoms with E-state index in [0.29, 0.717) is 5.92 Å². The Labute approximate surface area is 105 Å². The van der Waals surface area contributed by atoms with Crippen molar-refractivity contribution >= 4 is 0 Å². The Morgan fingerprint density at radius 2 is 1.82 bits per heavy atom. The second-order valence-electron chi connectivity index (χ2n) is 6.78. The normalized spacial score (nSPS) is 46.6. The minimum Gasteiger partial charge on any atom is -0.390 e. The molecule has 0 aromatic heterocycles. The van der Waals surface area contributed by atoms with Gasteiger partial charge in [0.25, 0.3) is 0 Å². The summed E-state index contributed by atoms with van der Waals surface area (Å²) in [5, 5.41) is 21.1. The molecular formula is C15H26O2. The highest BCUT2D eigenvalue weighted by Gasteiger charge is 2.50. The molecule has 1 saturated carbocycles. The quantitative estimate of drug-likeness (QED) is 0.690. The fourth-order valence-electron chi connectivity index (χ4n) is 3.60. The lowest BCUT2D eigenvalue weighted by molar-refractivity contribution is -0.0419. The van der Waals surface area contributed by atoms with E-state index in [9.17, 15) is 10.2 Å². The molecule has 0 aromatic rings. The van der Waals surface area contributed by atoms with Crippen LogP contribution in [0.3, 0.4) is 0 Å². The molecule has 0 aromatic carbocycles. The Balaban J connectivity index is 2.37.